The van der Waals surface area contributed by atoms with Crippen LogP contribution in [-0.4, -0.2) is 63.0 Å². The van der Waals surface area contributed by atoms with Crippen molar-refractivity contribution in [1.29, 1.82) is 0 Å². The topological polar surface area (TPSA) is 92.5 Å². The molecule has 0 bridgehead atoms. The number of nitrogens with zero attached hydrogens (tertiary/aromatic N) is 1. The Morgan fingerprint density at radius 1 is 1.44 bits per heavy atom. The molecule has 1 saturated heterocycles. The lowest BCUT2D eigenvalue weighted by molar-refractivity contribution is -0.117. The molecule has 1 unspecified atom stereocenters. The lowest BCUT2D eigenvalue weighted by Crippen LogP contribution is -2.40. The van der Waals surface area contributed by atoms with Crippen LogP contribution in [0.1, 0.15) is 19.8 Å². The van der Waals surface area contributed by atoms with Gasteiger partial charge in [-0.2, -0.15) is 0 Å². The van der Waals surface area contributed by atoms with Gasteiger partial charge in [-0.25, -0.2) is 8.42 Å². The Labute approximate surface area is 109 Å². The fourth-order valence-corrected chi connectivity index (χ4v) is 3.39. The van der Waals surface area contributed by atoms with Gasteiger partial charge in [0.2, 0.25) is 5.91 Å². The van der Waals surface area contributed by atoms with Crippen molar-refractivity contribution in [3.05, 3.63) is 0 Å². The van der Waals surface area contributed by atoms with Crippen molar-refractivity contribution in [1.82, 2.24) is 10.2 Å². The molecule has 1 amide bonds. The highest BCUT2D eigenvalue weighted by Crippen LogP contribution is 2.08. The van der Waals surface area contributed by atoms with Crippen LogP contribution in [0.15, 0.2) is 0 Å². The molecule has 0 radical (unpaired) electrons. The van der Waals surface area contributed by atoms with Gasteiger partial charge < -0.3 is 11.1 Å². The zero-order valence-corrected chi connectivity index (χ0v) is 11.7. The molecule has 0 aliphatic carbocycles. The van der Waals surface area contributed by atoms with Gasteiger partial charge in [-0.15, -0.1) is 0 Å². The fraction of sp³-hybridized carbons (Fsp3) is 0.909. The molecule has 6 nitrogen and oxygen atoms in total. The standard InChI is InChI=1S/C11H23N3O3S/c1-2-14(10-3-5-13-9-10)6-8-18(16,17)7-4-11(12)15/h10,13H,2-9H2,1H3,(H2,12,15). The van der Waals surface area contributed by atoms with E-state index in [4.69, 9.17) is 5.73 Å². The first-order chi connectivity index (χ1) is 8.44. The average molecular weight is 277 g/mol. The third-order valence-electron chi connectivity index (χ3n) is 3.31. The third-order valence-corrected chi connectivity index (χ3v) is 4.94. The summed E-state index contributed by atoms with van der Waals surface area (Å²) in [6.07, 6.45) is 0.981. The average Bonchev–Trinajstić information content (AvgIpc) is 2.81. The summed E-state index contributed by atoms with van der Waals surface area (Å²) < 4.78 is 23.4. The molecule has 0 spiro atoms. The highest BCUT2D eigenvalue weighted by molar-refractivity contribution is 7.91. The van der Waals surface area contributed by atoms with E-state index in [1.807, 2.05) is 6.92 Å². The first-order valence-corrected chi connectivity index (χ1v) is 8.20. The first kappa shape index (κ1) is 15.4. The predicted octanol–water partition coefficient (Wildman–Crippen LogP) is -1.04. The van der Waals surface area contributed by atoms with Crippen molar-refractivity contribution < 1.29 is 13.2 Å². The minimum atomic E-state index is -3.17. The van der Waals surface area contributed by atoms with Gasteiger partial charge in [0.15, 0.2) is 9.84 Å². The molecule has 1 rings (SSSR count). The van der Waals surface area contributed by atoms with Crippen molar-refractivity contribution in [3.8, 4) is 0 Å². The van der Waals surface area contributed by atoms with Crippen LogP contribution in [0.4, 0.5) is 0 Å². The van der Waals surface area contributed by atoms with Crippen LogP contribution < -0.4 is 11.1 Å². The molecule has 1 aliphatic rings. The van der Waals surface area contributed by atoms with Crippen molar-refractivity contribution in [2.45, 2.75) is 25.8 Å². The van der Waals surface area contributed by atoms with Gasteiger partial charge in [0.05, 0.1) is 11.5 Å². The highest BCUT2D eigenvalue weighted by atomic mass is 32.2. The number of carbonyl (C=O) groups excluding carboxylic acids is 1. The minimum absolute atomic E-state index is 0.0839. The number of sulfone groups is 1. The summed E-state index contributed by atoms with van der Waals surface area (Å²) in [4.78, 5) is 12.8. The van der Waals surface area contributed by atoms with E-state index >= 15 is 0 Å². The lowest BCUT2D eigenvalue weighted by atomic mass is 10.2. The molecule has 0 aromatic rings. The normalized spacial score (nSPS) is 20.4. The number of hydrogen-bond acceptors (Lipinski definition) is 5. The Kier molecular flexibility index (Phi) is 6.04. The number of carbonyl (C=O) groups is 1. The molecule has 18 heavy (non-hydrogen) atoms. The van der Waals surface area contributed by atoms with Crippen molar-refractivity contribution in [2.75, 3.05) is 37.7 Å². The lowest BCUT2D eigenvalue weighted by Gasteiger charge is -2.26. The highest BCUT2D eigenvalue weighted by Gasteiger charge is 2.22. The second-order valence-corrected chi connectivity index (χ2v) is 6.95. The van der Waals surface area contributed by atoms with Gasteiger partial charge >= 0.3 is 0 Å². The summed E-state index contributed by atoms with van der Waals surface area (Å²) in [6.45, 7) is 5.33. The molecule has 0 aromatic carbocycles. The van der Waals surface area contributed by atoms with Crippen LogP contribution in [0, 0.1) is 0 Å². The summed E-state index contributed by atoms with van der Waals surface area (Å²) in [7, 11) is -3.17. The maximum absolute atomic E-state index is 11.7. The van der Waals surface area contributed by atoms with Gasteiger partial charge in [-0.3, -0.25) is 9.69 Å². The van der Waals surface area contributed by atoms with Crippen LogP contribution in [0.2, 0.25) is 0 Å². The van der Waals surface area contributed by atoms with Crippen LogP contribution in [0.5, 0.6) is 0 Å². The van der Waals surface area contributed by atoms with Gasteiger partial charge in [0, 0.05) is 25.6 Å². The molecule has 0 aromatic heterocycles. The second-order valence-electron chi connectivity index (χ2n) is 4.64. The van der Waals surface area contributed by atoms with Crippen molar-refractivity contribution >= 4 is 15.7 Å². The maximum Gasteiger partial charge on any atom is 0.218 e. The van der Waals surface area contributed by atoms with E-state index in [-0.39, 0.29) is 17.9 Å². The van der Waals surface area contributed by atoms with Gasteiger partial charge in [0.25, 0.3) is 0 Å². The van der Waals surface area contributed by atoms with Gasteiger partial charge in [0.1, 0.15) is 0 Å². The van der Waals surface area contributed by atoms with E-state index in [1.54, 1.807) is 0 Å². The first-order valence-electron chi connectivity index (χ1n) is 6.38. The van der Waals surface area contributed by atoms with E-state index in [1.165, 1.54) is 0 Å². The Bertz CT molecular complexity index is 364. The van der Waals surface area contributed by atoms with E-state index in [2.05, 4.69) is 10.2 Å². The van der Waals surface area contributed by atoms with Crippen LogP contribution in [0.3, 0.4) is 0 Å². The zero-order valence-electron chi connectivity index (χ0n) is 10.9. The van der Waals surface area contributed by atoms with E-state index < -0.39 is 15.7 Å². The quantitative estimate of drug-likeness (QED) is 0.591. The number of nitrogens with one attached hydrogen (secondary N) is 1. The van der Waals surface area contributed by atoms with E-state index in [0.717, 1.165) is 26.1 Å². The number of hydrogen-bond donors (Lipinski definition) is 2. The minimum Gasteiger partial charge on any atom is -0.370 e. The molecule has 0 saturated carbocycles. The molecule has 7 heteroatoms. The molecule has 1 atom stereocenters. The van der Waals surface area contributed by atoms with Crippen LogP contribution in [0.25, 0.3) is 0 Å². The molecule has 1 fully saturated rings. The zero-order chi connectivity index (χ0) is 13.6. The number of rotatable bonds is 8. The van der Waals surface area contributed by atoms with Crippen LogP contribution >= 0.6 is 0 Å². The summed E-state index contributed by atoms with van der Waals surface area (Å²) in [5.41, 5.74) is 4.96. The van der Waals surface area contributed by atoms with Crippen molar-refractivity contribution in [3.63, 3.8) is 0 Å². The van der Waals surface area contributed by atoms with Crippen molar-refractivity contribution in [2.24, 2.45) is 5.73 Å². The fourth-order valence-electron chi connectivity index (χ4n) is 2.16. The number of nitrogens with two attached hydrogens (primary N) is 1. The maximum atomic E-state index is 11.7. The SMILES string of the molecule is CCN(CCS(=O)(=O)CCC(N)=O)C1CCNC1. The second kappa shape index (κ2) is 7.06. The molecule has 1 aliphatic heterocycles. The number of likely N-dealkylation sites (N-methyl/N-ethyl adjacent to an activating group) is 1. The Morgan fingerprint density at radius 2 is 2.17 bits per heavy atom. The smallest absolute Gasteiger partial charge is 0.218 e. The van der Waals surface area contributed by atoms with Gasteiger partial charge in [-0.05, 0) is 19.5 Å². The Hall–Kier alpha value is -0.660. The largest absolute Gasteiger partial charge is 0.370 e. The Morgan fingerprint density at radius 3 is 2.67 bits per heavy atom. The summed E-state index contributed by atoms with van der Waals surface area (Å²) >= 11 is 0. The molecule has 106 valence electrons. The summed E-state index contributed by atoms with van der Waals surface area (Å²) in [5.74, 6) is -0.598. The molecule has 3 N–H and O–H groups in total. The number of amides is 1. The summed E-state index contributed by atoms with van der Waals surface area (Å²) in [5, 5.41) is 3.27. The van der Waals surface area contributed by atoms with Crippen LogP contribution in [-0.2, 0) is 14.6 Å². The third kappa shape index (κ3) is 5.32. The molecular formula is C11H23N3O3S. The van der Waals surface area contributed by atoms with Gasteiger partial charge in [-0.1, -0.05) is 6.92 Å². The Balaban J connectivity index is 2.39. The predicted molar refractivity (Wildman–Crippen MR) is 71.0 cm³/mol. The molecule has 1 heterocycles. The van der Waals surface area contributed by atoms with E-state index in [0.29, 0.717) is 12.6 Å². The monoisotopic (exact) mass is 277 g/mol. The molecular weight excluding hydrogens is 254 g/mol. The van der Waals surface area contributed by atoms with E-state index in [9.17, 15) is 13.2 Å². The summed E-state index contributed by atoms with van der Waals surface area (Å²) in [6, 6.07) is 0.432. The number of primary amides is 1.